The van der Waals surface area contributed by atoms with Crippen molar-refractivity contribution in [3.63, 3.8) is 0 Å². The molecular formula is C25H27N5O2. The molecule has 7 nitrogen and oxygen atoms in total. The Kier molecular flexibility index (Phi) is 6.37. The lowest BCUT2D eigenvalue weighted by molar-refractivity contribution is -0.134. The maximum atomic E-state index is 13.1. The number of carbonyl (C=O) groups excluding carboxylic acids is 2. The smallest absolute Gasteiger partial charge is 0.321 e. The highest BCUT2D eigenvalue weighted by molar-refractivity contribution is 6.45. The minimum atomic E-state index is -0.710. The third-order valence-corrected chi connectivity index (χ3v) is 5.56. The fourth-order valence-corrected chi connectivity index (χ4v) is 3.69. The predicted molar refractivity (Wildman–Crippen MR) is 129 cm³/mol. The molecule has 1 aliphatic heterocycles. The van der Waals surface area contributed by atoms with E-state index >= 15 is 0 Å². The van der Waals surface area contributed by atoms with Crippen molar-refractivity contribution in [2.75, 3.05) is 54.1 Å². The van der Waals surface area contributed by atoms with Gasteiger partial charge in [0, 0.05) is 54.6 Å². The van der Waals surface area contributed by atoms with Crippen molar-refractivity contribution in [1.82, 2.24) is 4.90 Å². The molecule has 0 saturated carbocycles. The number of benzene rings is 3. The van der Waals surface area contributed by atoms with E-state index in [4.69, 9.17) is 5.73 Å². The zero-order valence-corrected chi connectivity index (χ0v) is 18.1. The highest BCUT2D eigenvalue weighted by atomic mass is 16.2. The third kappa shape index (κ3) is 4.90. The first kappa shape index (κ1) is 21.4. The SMILES string of the molecule is CN1CCN(c2ccc(NC(=O)C(=O)N(c3ccccc3)c3ccc(N)cc3)cc2)CC1. The van der Waals surface area contributed by atoms with Crippen LogP contribution in [0.15, 0.2) is 78.9 Å². The number of nitrogen functional groups attached to an aromatic ring is 1. The summed E-state index contributed by atoms with van der Waals surface area (Å²) in [7, 11) is 2.12. The molecule has 0 aliphatic carbocycles. The third-order valence-electron chi connectivity index (χ3n) is 5.56. The van der Waals surface area contributed by atoms with Gasteiger partial charge < -0.3 is 20.9 Å². The fourth-order valence-electron chi connectivity index (χ4n) is 3.69. The van der Waals surface area contributed by atoms with Crippen LogP contribution in [0.4, 0.5) is 28.4 Å². The molecule has 0 atom stereocenters. The maximum Gasteiger partial charge on any atom is 0.321 e. The molecule has 164 valence electrons. The van der Waals surface area contributed by atoms with E-state index in [0.29, 0.717) is 22.7 Å². The molecule has 0 radical (unpaired) electrons. The first-order chi connectivity index (χ1) is 15.5. The summed E-state index contributed by atoms with van der Waals surface area (Å²) in [5, 5.41) is 2.73. The number of carbonyl (C=O) groups is 2. The van der Waals surface area contributed by atoms with E-state index in [1.54, 1.807) is 36.4 Å². The normalized spacial score (nSPS) is 14.1. The monoisotopic (exact) mass is 429 g/mol. The zero-order chi connectivity index (χ0) is 22.5. The second-order valence-corrected chi connectivity index (χ2v) is 7.86. The van der Waals surface area contributed by atoms with Crippen LogP contribution >= 0.6 is 0 Å². The Labute approximate surface area is 188 Å². The van der Waals surface area contributed by atoms with E-state index in [2.05, 4.69) is 22.2 Å². The van der Waals surface area contributed by atoms with E-state index < -0.39 is 11.8 Å². The Bertz CT molecular complexity index is 1060. The Morgan fingerprint density at radius 3 is 2.03 bits per heavy atom. The van der Waals surface area contributed by atoms with Gasteiger partial charge in [0.05, 0.1) is 0 Å². The van der Waals surface area contributed by atoms with Gasteiger partial charge in [-0.1, -0.05) is 18.2 Å². The number of para-hydroxylation sites is 1. The fraction of sp³-hybridized carbons (Fsp3) is 0.200. The first-order valence-corrected chi connectivity index (χ1v) is 10.6. The van der Waals surface area contributed by atoms with Crippen LogP contribution < -0.4 is 20.9 Å². The van der Waals surface area contributed by atoms with E-state index in [0.717, 1.165) is 31.9 Å². The van der Waals surface area contributed by atoms with Gasteiger partial charge in [0.25, 0.3) is 0 Å². The van der Waals surface area contributed by atoms with Crippen LogP contribution in [0.3, 0.4) is 0 Å². The van der Waals surface area contributed by atoms with E-state index in [9.17, 15) is 9.59 Å². The molecule has 7 heteroatoms. The van der Waals surface area contributed by atoms with Gasteiger partial charge in [-0.3, -0.25) is 14.5 Å². The van der Waals surface area contributed by atoms with Crippen LogP contribution in [0.2, 0.25) is 0 Å². The van der Waals surface area contributed by atoms with Gasteiger partial charge in [-0.2, -0.15) is 0 Å². The lowest BCUT2D eigenvalue weighted by atomic mass is 10.2. The van der Waals surface area contributed by atoms with Crippen molar-refractivity contribution in [1.29, 1.82) is 0 Å². The standard InChI is InChI=1S/C25H27N5O2/c1-28-15-17-29(18-16-28)21-13-9-20(10-14-21)27-24(31)25(32)30(22-5-3-2-4-6-22)23-11-7-19(26)8-12-23/h2-14H,15-18,26H2,1H3,(H,27,31). The van der Waals surface area contributed by atoms with Crippen molar-refractivity contribution in [2.45, 2.75) is 0 Å². The first-order valence-electron chi connectivity index (χ1n) is 10.6. The second-order valence-electron chi connectivity index (χ2n) is 7.86. The number of hydrogen-bond donors (Lipinski definition) is 2. The van der Waals surface area contributed by atoms with Gasteiger partial charge in [-0.25, -0.2) is 0 Å². The van der Waals surface area contributed by atoms with Crippen molar-refractivity contribution < 1.29 is 9.59 Å². The van der Waals surface area contributed by atoms with Crippen molar-refractivity contribution in [2.24, 2.45) is 0 Å². The number of hydrogen-bond acceptors (Lipinski definition) is 5. The summed E-state index contributed by atoms with van der Waals surface area (Å²) in [4.78, 5) is 32.0. The minimum absolute atomic E-state index is 0.566. The van der Waals surface area contributed by atoms with Gasteiger partial charge >= 0.3 is 11.8 Å². The Balaban J connectivity index is 1.49. The summed E-state index contributed by atoms with van der Waals surface area (Å²) in [6, 6.07) is 23.5. The maximum absolute atomic E-state index is 13.1. The summed E-state index contributed by atoms with van der Waals surface area (Å²) < 4.78 is 0. The number of nitrogens with zero attached hydrogens (tertiary/aromatic N) is 3. The van der Waals surface area contributed by atoms with Crippen LogP contribution in [0.25, 0.3) is 0 Å². The molecule has 1 heterocycles. The lowest BCUT2D eigenvalue weighted by Crippen LogP contribution is -2.44. The average Bonchev–Trinajstić information content (AvgIpc) is 2.82. The number of nitrogens with two attached hydrogens (primary N) is 1. The van der Waals surface area contributed by atoms with Crippen LogP contribution in [0.1, 0.15) is 0 Å². The Hall–Kier alpha value is -3.84. The van der Waals surface area contributed by atoms with Crippen LogP contribution in [0, 0.1) is 0 Å². The highest BCUT2D eigenvalue weighted by Crippen LogP contribution is 2.27. The number of anilines is 5. The topological polar surface area (TPSA) is 81.9 Å². The van der Waals surface area contributed by atoms with Crippen LogP contribution in [-0.2, 0) is 9.59 Å². The van der Waals surface area contributed by atoms with Gasteiger partial charge in [-0.15, -0.1) is 0 Å². The Morgan fingerprint density at radius 2 is 1.41 bits per heavy atom. The molecule has 3 aromatic rings. The number of likely N-dealkylation sites (N-methyl/N-ethyl adjacent to an activating group) is 1. The summed E-state index contributed by atoms with van der Waals surface area (Å²) in [5.74, 6) is -1.39. The largest absolute Gasteiger partial charge is 0.399 e. The van der Waals surface area contributed by atoms with Gasteiger partial charge in [0.2, 0.25) is 0 Å². The predicted octanol–water partition coefficient (Wildman–Crippen LogP) is 3.32. The van der Waals surface area contributed by atoms with Gasteiger partial charge in [0.15, 0.2) is 0 Å². The zero-order valence-electron chi connectivity index (χ0n) is 18.1. The summed E-state index contributed by atoms with van der Waals surface area (Å²) in [6.07, 6.45) is 0. The van der Waals surface area contributed by atoms with Crippen LogP contribution in [-0.4, -0.2) is 49.9 Å². The van der Waals surface area contributed by atoms with Gasteiger partial charge in [-0.05, 0) is 67.7 Å². The van der Waals surface area contributed by atoms with Crippen molar-refractivity contribution in [3.8, 4) is 0 Å². The van der Waals surface area contributed by atoms with Crippen molar-refractivity contribution >= 4 is 40.3 Å². The number of rotatable bonds is 4. The molecule has 0 bridgehead atoms. The molecule has 2 amide bonds. The lowest BCUT2D eigenvalue weighted by Gasteiger charge is -2.34. The van der Waals surface area contributed by atoms with Gasteiger partial charge in [0.1, 0.15) is 0 Å². The quantitative estimate of drug-likeness (QED) is 0.491. The molecule has 4 rings (SSSR count). The van der Waals surface area contributed by atoms with E-state index in [1.165, 1.54) is 4.90 Å². The number of nitrogens with one attached hydrogen (secondary N) is 1. The molecule has 1 saturated heterocycles. The Morgan fingerprint density at radius 1 is 0.812 bits per heavy atom. The van der Waals surface area contributed by atoms with Crippen molar-refractivity contribution in [3.05, 3.63) is 78.9 Å². The molecular weight excluding hydrogens is 402 g/mol. The van der Waals surface area contributed by atoms with Crippen LogP contribution in [0.5, 0.6) is 0 Å². The number of piperazine rings is 1. The molecule has 1 fully saturated rings. The van der Waals surface area contributed by atoms with E-state index in [-0.39, 0.29) is 0 Å². The highest BCUT2D eigenvalue weighted by Gasteiger charge is 2.25. The molecule has 0 aromatic heterocycles. The average molecular weight is 430 g/mol. The summed E-state index contributed by atoms with van der Waals surface area (Å²) in [6.45, 7) is 3.98. The van der Waals surface area contributed by atoms with E-state index in [1.807, 2.05) is 42.5 Å². The molecule has 3 aromatic carbocycles. The molecule has 0 unspecified atom stereocenters. The molecule has 1 aliphatic rings. The molecule has 0 spiro atoms. The number of amides is 2. The molecule has 32 heavy (non-hydrogen) atoms. The molecule has 3 N–H and O–H groups in total. The summed E-state index contributed by atoms with van der Waals surface area (Å²) in [5.41, 5.74) is 9.22. The minimum Gasteiger partial charge on any atom is -0.399 e. The summed E-state index contributed by atoms with van der Waals surface area (Å²) >= 11 is 0. The second kappa shape index (κ2) is 9.53.